The summed E-state index contributed by atoms with van der Waals surface area (Å²) in [6, 6.07) is 7.97. The molecule has 0 spiro atoms. The number of nitrogens with one attached hydrogen (secondary N) is 1. The topological polar surface area (TPSA) is 89.8 Å². The minimum atomic E-state index is -0.413. The molecule has 0 bridgehead atoms. The molecule has 1 N–H and O–H groups in total. The number of nitrogens with zero attached hydrogens (tertiary/aromatic N) is 2. The molecule has 1 aliphatic carbocycles. The van der Waals surface area contributed by atoms with Crippen LogP contribution in [0.15, 0.2) is 29.3 Å². The number of thioether (sulfide) groups is 1. The fourth-order valence-electron chi connectivity index (χ4n) is 4.09. The smallest absolute Gasteiger partial charge is 0.341 e. The molecule has 2 heterocycles. The first-order valence-electron chi connectivity index (χ1n) is 11.3. The summed E-state index contributed by atoms with van der Waals surface area (Å²) in [5.41, 5.74) is 2.56. The molecule has 2 aromatic heterocycles. The zero-order valence-corrected chi connectivity index (χ0v) is 21.7. The average molecular weight is 518 g/mol. The van der Waals surface area contributed by atoms with E-state index in [2.05, 4.69) is 10.3 Å². The molecule has 0 saturated heterocycles. The van der Waals surface area contributed by atoms with Crippen LogP contribution in [0.25, 0.3) is 10.2 Å². The summed E-state index contributed by atoms with van der Waals surface area (Å²) in [5.74, 6) is -0.723. The van der Waals surface area contributed by atoms with Crippen LogP contribution in [-0.4, -0.2) is 41.0 Å². The summed E-state index contributed by atoms with van der Waals surface area (Å²) in [5, 5.41) is 3.43. The third kappa shape index (κ3) is 5.45. The van der Waals surface area contributed by atoms with E-state index in [0.717, 1.165) is 59.3 Å². The number of ether oxygens (including phenoxy) is 1. The predicted molar refractivity (Wildman–Crippen MR) is 139 cm³/mol. The molecular weight excluding hydrogens is 490 g/mol. The number of carbonyl (C=O) groups is 3. The molecule has 0 atom stereocenters. The lowest BCUT2D eigenvalue weighted by Crippen LogP contribution is -2.18. The number of methoxy groups -OCH3 is 1. The van der Waals surface area contributed by atoms with Crippen molar-refractivity contribution in [2.24, 2.45) is 4.99 Å². The second-order valence-corrected chi connectivity index (χ2v) is 11.0. The van der Waals surface area contributed by atoms with E-state index in [0.29, 0.717) is 15.4 Å². The molecule has 7 nitrogen and oxygen atoms in total. The molecule has 1 aliphatic rings. The minimum Gasteiger partial charge on any atom is -0.465 e. The Morgan fingerprint density at radius 3 is 2.71 bits per heavy atom. The number of amides is 2. The Balaban J connectivity index is 1.39. The van der Waals surface area contributed by atoms with Crippen molar-refractivity contribution in [1.82, 2.24) is 4.57 Å². The molecule has 0 radical (unpaired) electrons. The number of thiazole rings is 1. The van der Waals surface area contributed by atoms with Gasteiger partial charge in [0.25, 0.3) is 5.91 Å². The van der Waals surface area contributed by atoms with E-state index in [1.54, 1.807) is 0 Å². The van der Waals surface area contributed by atoms with Gasteiger partial charge in [0.05, 0.1) is 34.4 Å². The van der Waals surface area contributed by atoms with Crippen LogP contribution >= 0.6 is 34.4 Å². The van der Waals surface area contributed by atoms with Crippen LogP contribution in [0.5, 0.6) is 0 Å². The number of rotatable bonds is 7. The molecule has 0 fully saturated rings. The van der Waals surface area contributed by atoms with Gasteiger partial charge in [0.2, 0.25) is 5.91 Å². The van der Waals surface area contributed by atoms with Crippen LogP contribution < -0.4 is 10.1 Å². The molecule has 2 amide bonds. The van der Waals surface area contributed by atoms with Gasteiger partial charge in [-0.3, -0.25) is 9.59 Å². The van der Waals surface area contributed by atoms with Crippen LogP contribution in [0.3, 0.4) is 0 Å². The molecule has 34 heavy (non-hydrogen) atoms. The zero-order valence-electron chi connectivity index (χ0n) is 19.2. The van der Waals surface area contributed by atoms with E-state index in [9.17, 15) is 14.4 Å². The maximum Gasteiger partial charge on any atom is 0.341 e. The Hall–Kier alpha value is -2.43. The molecule has 0 unspecified atom stereocenters. The molecule has 10 heteroatoms. The Kier molecular flexibility index (Phi) is 8.23. The molecule has 4 rings (SSSR count). The van der Waals surface area contributed by atoms with Gasteiger partial charge >= 0.3 is 5.97 Å². The summed E-state index contributed by atoms with van der Waals surface area (Å²) in [7, 11) is 1.36. The Bertz CT molecular complexity index is 1290. The van der Waals surface area contributed by atoms with E-state index in [4.69, 9.17) is 4.74 Å². The Labute approximate surface area is 210 Å². The van der Waals surface area contributed by atoms with Crippen molar-refractivity contribution in [2.75, 3.05) is 23.9 Å². The summed E-state index contributed by atoms with van der Waals surface area (Å²) >= 11 is 4.16. The lowest BCUT2D eigenvalue weighted by atomic mass is 10.1. The molecule has 3 aromatic rings. The van der Waals surface area contributed by atoms with Crippen molar-refractivity contribution in [3.8, 4) is 0 Å². The first-order valence-corrected chi connectivity index (χ1v) is 14.1. The number of aromatic nitrogens is 1. The first kappa shape index (κ1) is 24.7. The number of fused-ring (bicyclic) bond motifs is 2. The number of esters is 1. The van der Waals surface area contributed by atoms with E-state index in [-0.39, 0.29) is 23.3 Å². The molecule has 180 valence electrons. The monoisotopic (exact) mass is 517 g/mol. The van der Waals surface area contributed by atoms with Gasteiger partial charge in [0, 0.05) is 11.4 Å². The quantitative estimate of drug-likeness (QED) is 0.364. The van der Waals surface area contributed by atoms with Gasteiger partial charge in [-0.1, -0.05) is 29.9 Å². The molecular formula is C24H27N3O4S3. The predicted octanol–water partition coefficient (Wildman–Crippen LogP) is 4.64. The number of carbonyl (C=O) groups excluding carboxylic acids is 3. The number of anilines is 1. The van der Waals surface area contributed by atoms with Gasteiger partial charge < -0.3 is 14.6 Å². The third-order valence-electron chi connectivity index (χ3n) is 5.65. The highest BCUT2D eigenvalue weighted by Gasteiger charge is 2.26. The van der Waals surface area contributed by atoms with Crippen LogP contribution in [0.1, 0.15) is 47.0 Å². The highest BCUT2D eigenvalue weighted by Crippen LogP contribution is 2.38. The van der Waals surface area contributed by atoms with Gasteiger partial charge in [-0.15, -0.1) is 23.1 Å². The number of thiophene rings is 1. The van der Waals surface area contributed by atoms with Crippen molar-refractivity contribution in [3.63, 3.8) is 0 Å². The van der Waals surface area contributed by atoms with Gasteiger partial charge in [-0.25, -0.2) is 4.79 Å². The Morgan fingerprint density at radius 1 is 1.12 bits per heavy atom. The van der Waals surface area contributed by atoms with Crippen LogP contribution in [-0.2, 0) is 33.7 Å². The van der Waals surface area contributed by atoms with Gasteiger partial charge in [-0.2, -0.15) is 4.99 Å². The van der Waals surface area contributed by atoms with Gasteiger partial charge in [0.15, 0.2) is 4.80 Å². The standard InChI is InChI=1S/C24H27N3O4S3/c1-3-27-16-10-7-8-12-18(16)34-24(27)26-20(29)14-32-13-19(28)25-22-21(23(30)31-2)15-9-5-4-6-11-17(15)33-22/h7-8,10,12H,3-6,9,11,13-14H2,1-2H3,(H,25,28). The number of para-hydroxylation sites is 1. The van der Waals surface area contributed by atoms with Crippen LogP contribution in [0.2, 0.25) is 0 Å². The Morgan fingerprint density at radius 2 is 1.91 bits per heavy atom. The second-order valence-electron chi connectivity index (χ2n) is 7.90. The van der Waals surface area contributed by atoms with Gasteiger partial charge in [0.1, 0.15) is 5.00 Å². The molecule has 1 aromatic carbocycles. The summed E-state index contributed by atoms with van der Waals surface area (Å²) < 4.78 is 8.09. The summed E-state index contributed by atoms with van der Waals surface area (Å²) in [6.45, 7) is 2.74. The van der Waals surface area contributed by atoms with Crippen molar-refractivity contribution in [1.29, 1.82) is 0 Å². The van der Waals surface area contributed by atoms with E-state index >= 15 is 0 Å². The van der Waals surface area contributed by atoms with Crippen molar-refractivity contribution in [2.45, 2.75) is 45.6 Å². The fourth-order valence-corrected chi connectivity index (χ4v) is 7.10. The molecule has 0 aliphatic heterocycles. The summed E-state index contributed by atoms with van der Waals surface area (Å²) in [6.07, 6.45) is 4.99. The lowest BCUT2D eigenvalue weighted by Gasteiger charge is -2.07. The normalized spacial score (nSPS) is 14.0. The van der Waals surface area contributed by atoms with Crippen molar-refractivity contribution in [3.05, 3.63) is 45.1 Å². The SMILES string of the molecule is CCn1c(=NC(=O)CSCC(=O)Nc2sc3c(c2C(=O)OC)CCCCC3)sc2ccccc21. The number of benzene rings is 1. The third-order valence-corrected chi connectivity index (χ3v) is 8.83. The maximum atomic E-state index is 12.6. The van der Waals surface area contributed by atoms with Gasteiger partial charge in [-0.05, 0) is 50.3 Å². The second kappa shape index (κ2) is 11.3. The number of hydrogen-bond donors (Lipinski definition) is 1. The maximum absolute atomic E-state index is 12.6. The zero-order chi connectivity index (χ0) is 24.1. The van der Waals surface area contributed by atoms with E-state index in [1.807, 2.05) is 35.8 Å². The number of aryl methyl sites for hydroxylation is 2. The highest BCUT2D eigenvalue weighted by atomic mass is 32.2. The average Bonchev–Trinajstić information content (AvgIpc) is 3.25. The minimum absolute atomic E-state index is 0.102. The number of hydrogen-bond acceptors (Lipinski definition) is 7. The van der Waals surface area contributed by atoms with Crippen LogP contribution in [0.4, 0.5) is 5.00 Å². The van der Waals surface area contributed by atoms with Crippen molar-refractivity contribution >= 4 is 67.4 Å². The van der Waals surface area contributed by atoms with Crippen LogP contribution in [0, 0.1) is 0 Å². The first-order chi connectivity index (χ1) is 16.5. The fraction of sp³-hybridized carbons (Fsp3) is 0.417. The van der Waals surface area contributed by atoms with E-state index < -0.39 is 5.97 Å². The summed E-state index contributed by atoms with van der Waals surface area (Å²) in [4.78, 5) is 43.6. The van der Waals surface area contributed by atoms with Crippen molar-refractivity contribution < 1.29 is 19.1 Å². The molecule has 0 saturated carbocycles. The lowest BCUT2D eigenvalue weighted by molar-refractivity contribution is -0.115. The van der Waals surface area contributed by atoms with E-state index in [1.165, 1.54) is 41.5 Å². The largest absolute Gasteiger partial charge is 0.465 e. The highest BCUT2D eigenvalue weighted by molar-refractivity contribution is 8.00.